The van der Waals surface area contributed by atoms with E-state index in [1.807, 2.05) is 10.8 Å². The zero-order valence-electron chi connectivity index (χ0n) is 8.15. The van der Waals surface area contributed by atoms with E-state index in [0.29, 0.717) is 26.1 Å². The van der Waals surface area contributed by atoms with Crippen molar-refractivity contribution in [1.29, 1.82) is 0 Å². The number of hydrogen-bond acceptors (Lipinski definition) is 3. The summed E-state index contributed by atoms with van der Waals surface area (Å²) in [5, 5.41) is 2.79. The lowest BCUT2D eigenvalue weighted by molar-refractivity contribution is -0.121. The van der Waals surface area contributed by atoms with E-state index in [1.165, 1.54) is 0 Å². The minimum atomic E-state index is 0.0622. The van der Waals surface area contributed by atoms with Gasteiger partial charge in [-0.15, -0.1) is 0 Å². The normalized spacial score (nSPS) is 10.1. The number of imidazole rings is 1. The Hall–Kier alpha value is -1.36. The molecule has 0 fully saturated rings. The molecule has 0 saturated carbocycles. The number of amides is 1. The summed E-state index contributed by atoms with van der Waals surface area (Å²) < 4.78 is 1.88. The van der Waals surface area contributed by atoms with Crippen LogP contribution in [0.1, 0.15) is 12.8 Å². The van der Waals surface area contributed by atoms with E-state index < -0.39 is 0 Å². The Bertz CT molecular complexity index is 258. The number of rotatable bonds is 6. The molecule has 14 heavy (non-hydrogen) atoms. The molecule has 1 amide bonds. The average molecular weight is 196 g/mol. The van der Waals surface area contributed by atoms with E-state index >= 15 is 0 Å². The molecular weight excluding hydrogens is 180 g/mol. The Morgan fingerprint density at radius 3 is 3.07 bits per heavy atom. The largest absolute Gasteiger partial charge is 0.356 e. The molecule has 0 atom stereocenters. The fraction of sp³-hybridized carbons (Fsp3) is 0.556. The van der Waals surface area contributed by atoms with Crippen molar-refractivity contribution in [1.82, 2.24) is 14.9 Å². The summed E-state index contributed by atoms with van der Waals surface area (Å²) in [5.74, 6) is 0.0622. The molecule has 1 aromatic rings. The number of nitrogens with two attached hydrogens (primary N) is 1. The van der Waals surface area contributed by atoms with Crippen LogP contribution < -0.4 is 11.1 Å². The number of aromatic nitrogens is 2. The van der Waals surface area contributed by atoms with Crippen LogP contribution >= 0.6 is 0 Å². The van der Waals surface area contributed by atoms with Gasteiger partial charge in [0, 0.05) is 31.9 Å². The molecule has 0 aliphatic rings. The molecule has 0 bridgehead atoms. The maximum atomic E-state index is 11.2. The predicted octanol–water partition coefficient (Wildman–Crippen LogP) is -0.262. The summed E-state index contributed by atoms with van der Waals surface area (Å²) in [6, 6.07) is 0. The maximum Gasteiger partial charge on any atom is 0.221 e. The monoisotopic (exact) mass is 196 g/mol. The van der Waals surface area contributed by atoms with Crippen molar-refractivity contribution in [3.8, 4) is 0 Å². The van der Waals surface area contributed by atoms with Crippen molar-refractivity contribution < 1.29 is 4.79 Å². The number of aryl methyl sites for hydroxylation is 1. The van der Waals surface area contributed by atoms with Gasteiger partial charge in [0.1, 0.15) is 0 Å². The van der Waals surface area contributed by atoms with Crippen LogP contribution in [0.25, 0.3) is 0 Å². The number of carbonyl (C=O) groups excluding carboxylic acids is 1. The molecule has 3 N–H and O–H groups in total. The Kier molecular flexibility index (Phi) is 4.71. The standard InChI is InChI=1S/C9H16N4O/c10-3-1-4-12-9(14)2-6-13-7-5-11-8-13/h5,7-8H,1-4,6,10H2,(H,12,14). The van der Waals surface area contributed by atoms with Gasteiger partial charge in [0.15, 0.2) is 0 Å². The summed E-state index contributed by atoms with van der Waals surface area (Å²) in [5.41, 5.74) is 5.30. The smallest absolute Gasteiger partial charge is 0.221 e. The molecule has 1 aromatic heterocycles. The van der Waals surface area contributed by atoms with Crippen LogP contribution in [0.4, 0.5) is 0 Å². The van der Waals surface area contributed by atoms with Gasteiger partial charge in [0.05, 0.1) is 6.33 Å². The number of hydrogen-bond donors (Lipinski definition) is 2. The highest BCUT2D eigenvalue weighted by Crippen LogP contribution is 1.90. The molecule has 0 aliphatic carbocycles. The van der Waals surface area contributed by atoms with E-state index in [-0.39, 0.29) is 5.91 Å². The van der Waals surface area contributed by atoms with Crippen LogP contribution in [0, 0.1) is 0 Å². The zero-order valence-corrected chi connectivity index (χ0v) is 8.15. The molecule has 5 heteroatoms. The first-order valence-electron chi connectivity index (χ1n) is 4.75. The molecular formula is C9H16N4O. The van der Waals surface area contributed by atoms with Crippen molar-refractivity contribution in [2.75, 3.05) is 13.1 Å². The highest BCUT2D eigenvalue weighted by molar-refractivity contribution is 5.75. The maximum absolute atomic E-state index is 11.2. The van der Waals surface area contributed by atoms with Crippen molar-refractivity contribution in [2.24, 2.45) is 5.73 Å². The third-order valence-electron chi connectivity index (χ3n) is 1.86. The minimum absolute atomic E-state index is 0.0622. The van der Waals surface area contributed by atoms with Gasteiger partial charge in [-0.1, -0.05) is 0 Å². The quantitative estimate of drug-likeness (QED) is 0.615. The lowest BCUT2D eigenvalue weighted by Crippen LogP contribution is -2.26. The van der Waals surface area contributed by atoms with Gasteiger partial charge in [0.25, 0.3) is 0 Å². The summed E-state index contributed by atoms with van der Waals surface area (Å²) in [7, 11) is 0. The van der Waals surface area contributed by atoms with Gasteiger partial charge in [-0.3, -0.25) is 4.79 Å². The SMILES string of the molecule is NCCCNC(=O)CCn1ccnc1. The van der Waals surface area contributed by atoms with Gasteiger partial charge in [-0.2, -0.15) is 0 Å². The van der Waals surface area contributed by atoms with Crippen LogP contribution in [0.15, 0.2) is 18.7 Å². The van der Waals surface area contributed by atoms with Gasteiger partial charge >= 0.3 is 0 Å². The third-order valence-corrected chi connectivity index (χ3v) is 1.86. The first kappa shape index (κ1) is 10.7. The Balaban J connectivity index is 2.09. The van der Waals surface area contributed by atoms with E-state index in [4.69, 9.17) is 5.73 Å². The van der Waals surface area contributed by atoms with Crippen molar-refractivity contribution in [3.63, 3.8) is 0 Å². The number of nitrogens with one attached hydrogen (secondary N) is 1. The zero-order chi connectivity index (χ0) is 10.2. The Morgan fingerprint density at radius 2 is 2.43 bits per heavy atom. The van der Waals surface area contributed by atoms with Crippen molar-refractivity contribution in [2.45, 2.75) is 19.4 Å². The van der Waals surface area contributed by atoms with Crippen molar-refractivity contribution in [3.05, 3.63) is 18.7 Å². The summed E-state index contributed by atoms with van der Waals surface area (Å²) >= 11 is 0. The lowest BCUT2D eigenvalue weighted by atomic mass is 10.3. The van der Waals surface area contributed by atoms with Crippen LogP contribution in [0.5, 0.6) is 0 Å². The molecule has 1 rings (SSSR count). The molecule has 0 aromatic carbocycles. The fourth-order valence-electron chi connectivity index (χ4n) is 1.07. The molecule has 0 saturated heterocycles. The van der Waals surface area contributed by atoms with Gasteiger partial charge in [0.2, 0.25) is 5.91 Å². The topological polar surface area (TPSA) is 72.9 Å². The second kappa shape index (κ2) is 6.15. The highest BCUT2D eigenvalue weighted by atomic mass is 16.1. The van der Waals surface area contributed by atoms with Crippen LogP contribution in [-0.2, 0) is 11.3 Å². The van der Waals surface area contributed by atoms with Gasteiger partial charge < -0.3 is 15.6 Å². The number of carbonyl (C=O) groups is 1. The fourth-order valence-corrected chi connectivity index (χ4v) is 1.07. The highest BCUT2D eigenvalue weighted by Gasteiger charge is 1.99. The third kappa shape index (κ3) is 4.04. The second-order valence-electron chi connectivity index (χ2n) is 3.04. The van der Waals surface area contributed by atoms with Crippen LogP contribution in [0.2, 0.25) is 0 Å². The Morgan fingerprint density at radius 1 is 1.57 bits per heavy atom. The summed E-state index contributed by atoms with van der Waals surface area (Å²) in [6.45, 7) is 1.95. The van der Waals surface area contributed by atoms with E-state index in [1.54, 1.807) is 12.5 Å². The first-order valence-corrected chi connectivity index (χ1v) is 4.75. The van der Waals surface area contributed by atoms with Crippen molar-refractivity contribution >= 4 is 5.91 Å². The van der Waals surface area contributed by atoms with Crippen LogP contribution in [-0.4, -0.2) is 28.5 Å². The van der Waals surface area contributed by atoms with Gasteiger partial charge in [-0.25, -0.2) is 4.98 Å². The van der Waals surface area contributed by atoms with E-state index in [0.717, 1.165) is 6.42 Å². The minimum Gasteiger partial charge on any atom is -0.356 e. The first-order chi connectivity index (χ1) is 6.83. The molecule has 78 valence electrons. The molecule has 5 nitrogen and oxygen atoms in total. The molecule has 0 radical (unpaired) electrons. The second-order valence-corrected chi connectivity index (χ2v) is 3.04. The molecule has 0 unspecified atom stereocenters. The Labute approximate surface area is 83.3 Å². The molecule has 0 spiro atoms. The van der Waals surface area contributed by atoms with Gasteiger partial charge in [-0.05, 0) is 13.0 Å². The van der Waals surface area contributed by atoms with E-state index in [2.05, 4.69) is 10.3 Å². The predicted molar refractivity (Wildman–Crippen MR) is 53.5 cm³/mol. The summed E-state index contributed by atoms with van der Waals surface area (Å²) in [6.07, 6.45) is 6.56. The molecule has 0 aliphatic heterocycles. The number of nitrogens with zero attached hydrogens (tertiary/aromatic N) is 2. The van der Waals surface area contributed by atoms with E-state index in [9.17, 15) is 4.79 Å². The lowest BCUT2D eigenvalue weighted by Gasteiger charge is -2.04. The van der Waals surface area contributed by atoms with Crippen LogP contribution in [0.3, 0.4) is 0 Å². The average Bonchev–Trinajstić information content (AvgIpc) is 2.68. The molecule has 1 heterocycles. The summed E-state index contributed by atoms with van der Waals surface area (Å²) in [4.78, 5) is 15.1.